The van der Waals surface area contributed by atoms with E-state index in [0.29, 0.717) is 17.2 Å². The number of hydrogen-bond donors (Lipinski definition) is 2. The molecule has 0 aliphatic carbocycles. The summed E-state index contributed by atoms with van der Waals surface area (Å²) < 4.78 is 5.54. The Labute approximate surface area is 145 Å². The highest BCUT2D eigenvalue weighted by Gasteiger charge is 2.33. The van der Waals surface area contributed by atoms with Crippen LogP contribution in [-0.4, -0.2) is 32.7 Å². The lowest BCUT2D eigenvalue weighted by Gasteiger charge is -2.25. The van der Waals surface area contributed by atoms with Gasteiger partial charge in [0.1, 0.15) is 5.52 Å². The minimum absolute atomic E-state index is 0.0648. The van der Waals surface area contributed by atoms with Crippen molar-refractivity contribution in [2.75, 3.05) is 11.9 Å². The summed E-state index contributed by atoms with van der Waals surface area (Å²) in [4.78, 5) is 19.0. The van der Waals surface area contributed by atoms with Crippen LogP contribution >= 0.6 is 0 Å². The van der Waals surface area contributed by atoms with Gasteiger partial charge in [0.05, 0.1) is 11.7 Å². The molecular weight excluding hydrogens is 318 g/mol. The second kappa shape index (κ2) is 5.91. The molecule has 7 heteroatoms. The van der Waals surface area contributed by atoms with Gasteiger partial charge in [-0.1, -0.05) is 0 Å². The number of nitrogens with zero attached hydrogens (tertiary/aromatic N) is 3. The SMILES string of the molecule is Cc1nc2ccc(NC(=O)N3CCC[C@H]3c3c(C)n[nH]c3C)cc2o1. The maximum absolute atomic E-state index is 12.8. The number of rotatable bonds is 2. The third-order valence-corrected chi connectivity index (χ3v) is 4.78. The molecule has 1 aliphatic heterocycles. The minimum Gasteiger partial charge on any atom is -0.441 e. The van der Waals surface area contributed by atoms with E-state index in [-0.39, 0.29) is 12.1 Å². The number of fused-ring (bicyclic) bond motifs is 1. The average Bonchev–Trinajstić information content (AvgIpc) is 3.25. The zero-order valence-electron chi connectivity index (χ0n) is 14.6. The molecule has 2 amide bonds. The number of aromatic nitrogens is 3. The third-order valence-electron chi connectivity index (χ3n) is 4.78. The van der Waals surface area contributed by atoms with Gasteiger partial charge in [-0.05, 0) is 38.8 Å². The molecule has 1 aromatic carbocycles. The van der Waals surface area contributed by atoms with Crippen molar-refractivity contribution in [3.63, 3.8) is 0 Å². The number of aryl methyl sites for hydroxylation is 3. The van der Waals surface area contributed by atoms with Gasteiger partial charge < -0.3 is 14.6 Å². The monoisotopic (exact) mass is 339 g/mol. The fourth-order valence-corrected chi connectivity index (χ4v) is 3.67. The van der Waals surface area contributed by atoms with Crippen LogP contribution in [0.3, 0.4) is 0 Å². The van der Waals surface area contributed by atoms with E-state index in [1.807, 2.05) is 43.9 Å². The predicted molar refractivity (Wildman–Crippen MR) is 94.5 cm³/mol. The van der Waals surface area contributed by atoms with Gasteiger partial charge in [-0.3, -0.25) is 5.10 Å². The number of benzene rings is 1. The van der Waals surface area contributed by atoms with Crippen molar-refractivity contribution < 1.29 is 9.21 Å². The standard InChI is InChI=1S/C18H21N5O2/c1-10-17(11(2)22-21-10)15-5-4-8-23(15)18(24)20-13-6-7-14-16(9-13)25-12(3)19-14/h6-7,9,15H,4-5,8H2,1-3H3,(H,20,24)(H,21,22)/t15-/m0/s1. The Kier molecular flexibility index (Phi) is 3.71. The summed E-state index contributed by atoms with van der Waals surface area (Å²) in [5.74, 6) is 0.615. The number of aromatic amines is 1. The first kappa shape index (κ1) is 15.7. The Morgan fingerprint density at radius 2 is 2.20 bits per heavy atom. The fourth-order valence-electron chi connectivity index (χ4n) is 3.67. The van der Waals surface area contributed by atoms with E-state index in [1.54, 1.807) is 0 Å². The van der Waals surface area contributed by atoms with E-state index in [9.17, 15) is 4.79 Å². The highest BCUT2D eigenvalue weighted by atomic mass is 16.3. The summed E-state index contributed by atoms with van der Waals surface area (Å²) in [7, 11) is 0. The number of oxazole rings is 1. The van der Waals surface area contributed by atoms with Crippen LogP contribution in [0.4, 0.5) is 10.5 Å². The third kappa shape index (κ3) is 2.75. The molecule has 1 aliphatic rings. The molecule has 0 radical (unpaired) electrons. The average molecular weight is 339 g/mol. The number of H-pyrrole nitrogens is 1. The van der Waals surface area contributed by atoms with Crippen molar-refractivity contribution >= 4 is 22.8 Å². The summed E-state index contributed by atoms with van der Waals surface area (Å²) in [5, 5.41) is 10.3. The maximum Gasteiger partial charge on any atom is 0.322 e. The van der Waals surface area contributed by atoms with E-state index in [1.165, 1.54) is 0 Å². The van der Waals surface area contributed by atoms with Gasteiger partial charge in [0, 0.05) is 36.5 Å². The van der Waals surface area contributed by atoms with Gasteiger partial charge in [0.2, 0.25) is 0 Å². The number of urea groups is 1. The summed E-state index contributed by atoms with van der Waals surface area (Å²) in [6.07, 6.45) is 1.94. The van der Waals surface area contributed by atoms with E-state index in [4.69, 9.17) is 4.42 Å². The van der Waals surface area contributed by atoms with Crippen LogP contribution < -0.4 is 5.32 Å². The molecule has 25 heavy (non-hydrogen) atoms. The maximum atomic E-state index is 12.8. The van der Waals surface area contributed by atoms with Crippen LogP contribution in [0, 0.1) is 20.8 Å². The number of nitrogens with one attached hydrogen (secondary N) is 2. The topological polar surface area (TPSA) is 87.0 Å². The Morgan fingerprint density at radius 1 is 1.36 bits per heavy atom. The first-order chi connectivity index (χ1) is 12.0. The molecule has 0 saturated carbocycles. The van der Waals surface area contributed by atoms with Crippen LogP contribution in [0.1, 0.15) is 41.7 Å². The molecule has 3 heterocycles. The van der Waals surface area contributed by atoms with Crippen LogP contribution in [0.5, 0.6) is 0 Å². The van der Waals surface area contributed by atoms with Crippen molar-refractivity contribution in [1.82, 2.24) is 20.1 Å². The molecule has 130 valence electrons. The quantitative estimate of drug-likeness (QED) is 0.742. The molecule has 1 saturated heterocycles. The summed E-state index contributed by atoms with van der Waals surface area (Å²) in [6, 6.07) is 5.48. The fraction of sp³-hybridized carbons (Fsp3) is 0.389. The van der Waals surface area contributed by atoms with Crippen molar-refractivity contribution in [3.8, 4) is 0 Å². The van der Waals surface area contributed by atoms with Gasteiger partial charge >= 0.3 is 6.03 Å². The molecule has 1 atom stereocenters. The molecule has 0 unspecified atom stereocenters. The molecule has 3 aromatic rings. The number of anilines is 1. The lowest BCUT2D eigenvalue weighted by atomic mass is 10.0. The van der Waals surface area contributed by atoms with Gasteiger partial charge in [0.25, 0.3) is 0 Å². The largest absolute Gasteiger partial charge is 0.441 e. The van der Waals surface area contributed by atoms with E-state index in [2.05, 4.69) is 20.5 Å². The van der Waals surface area contributed by atoms with E-state index >= 15 is 0 Å². The van der Waals surface area contributed by atoms with Gasteiger partial charge in [-0.2, -0.15) is 5.10 Å². The van der Waals surface area contributed by atoms with Gasteiger partial charge in [0.15, 0.2) is 11.5 Å². The minimum atomic E-state index is -0.0990. The summed E-state index contributed by atoms with van der Waals surface area (Å²) >= 11 is 0. The lowest BCUT2D eigenvalue weighted by Crippen LogP contribution is -2.34. The zero-order valence-corrected chi connectivity index (χ0v) is 14.6. The van der Waals surface area contributed by atoms with Gasteiger partial charge in [-0.25, -0.2) is 9.78 Å². The first-order valence-corrected chi connectivity index (χ1v) is 8.49. The lowest BCUT2D eigenvalue weighted by molar-refractivity contribution is 0.207. The van der Waals surface area contributed by atoms with Crippen molar-refractivity contribution in [1.29, 1.82) is 0 Å². The van der Waals surface area contributed by atoms with Crippen LogP contribution in [0.25, 0.3) is 11.1 Å². The van der Waals surface area contributed by atoms with Crippen molar-refractivity contribution in [2.24, 2.45) is 0 Å². The highest BCUT2D eigenvalue weighted by molar-refractivity contribution is 5.92. The highest BCUT2D eigenvalue weighted by Crippen LogP contribution is 2.35. The van der Waals surface area contributed by atoms with Crippen molar-refractivity contribution in [2.45, 2.75) is 39.7 Å². The number of amides is 2. The first-order valence-electron chi connectivity index (χ1n) is 8.49. The number of carbonyl (C=O) groups is 1. The smallest absolute Gasteiger partial charge is 0.322 e. The molecule has 2 aromatic heterocycles. The summed E-state index contributed by atoms with van der Waals surface area (Å²) in [5.41, 5.74) is 5.30. The summed E-state index contributed by atoms with van der Waals surface area (Å²) in [6.45, 7) is 6.53. The molecule has 0 bridgehead atoms. The number of likely N-dealkylation sites (tertiary alicyclic amines) is 1. The zero-order chi connectivity index (χ0) is 17.6. The molecule has 7 nitrogen and oxygen atoms in total. The Morgan fingerprint density at radius 3 is 2.96 bits per heavy atom. The second-order valence-corrected chi connectivity index (χ2v) is 6.54. The molecular formula is C18H21N5O2. The second-order valence-electron chi connectivity index (χ2n) is 6.54. The number of hydrogen-bond acceptors (Lipinski definition) is 4. The van der Waals surface area contributed by atoms with Crippen LogP contribution in [0.15, 0.2) is 22.6 Å². The molecule has 1 fully saturated rings. The Balaban J connectivity index is 1.56. The predicted octanol–water partition coefficient (Wildman–Crippen LogP) is 3.85. The molecule has 4 rings (SSSR count). The molecule has 0 spiro atoms. The Bertz CT molecular complexity index is 923. The normalized spacial score (nSPS) is 17.4. The van der Waals surface area contributed by atoms with E-state index in [0.717, 1.165) is 41.9 Å². The Hall–Kier alpha value is -2.83. The van der Waals surface area contributed by atoms with Crippen LogP contribution in [0.2, 0.25) is 0 Å². The van der Waals surface area contributed by atoms with Gasteiger partial charge in [-0.15, -0.1) is 0 Å². The van der Waals surface area contributed by atoms with E-state index < -0.39 is 0 Å². The number of carbonyl (C=O) groups excluding carboxylic acids is 1. The van der Waals surface area contributed by atoms with Crippen LogP contribution in [-0.2, 0) is 0 Å². The molecule has 2 N–H and O–H groups in total. The van der Waals surface area contributed by atoms with Crippen molar-refractivity contribution in [3.05, 3.63) is 41.0 Å².